The van der Waals surface area contributed by atoms with Crippen LogP contribution in [0.5, 0.6) is 0 Å². The van der Waals surface area contributed by atoms with Gasteiger partial charge in [0.05, 0.1) is 0 Å². The Morgan fingerprint density at radius 3 is 2.45 bits per heavy atom. The van der Waals surface area contributed by atoms with E-state index >= 15 is 0 Å². The fourth-order valence-corrected chi connectivity index (χ4v) is 0.334. The molecule has 64 valence electrons. The smallest absolute Gasteiger partial charge is 0.312 e. The lowest BCUT2D eigenvalue weighted by molar-refractivity contribution is 0.122. The molecule has 0 aliphatic heterocycles. The summed E-state index contributed by atoms with van der Waals surface area (Å²) >= 11 is 1.43. The largest absolute Gasteiger partial charge is 0.435 e. The van der Waals surface area contributed by atoms with Gasteiger partial charge in [-0.2, -0.15) is 0 Å². The minimum Gasteiger partial charge on any atom is -0.312 e. The number of oxime groups is 1. The van der Waals surface area contributed by atoms with Gasteiger partial charge in [-0.25, -0.2) is 4.79 Å². The van der Waals surface area contributed by atoms with Crippen LogP contribution in [0.4, 0.5) is 4.79 Å². The Morgan fingerprint density at radius 2 is 2.09 bits per heavy atom. The second kappa shape index (κ2) is 5.01. The van der Waals surface area contributed by atoms with Gasteiger partial charge in [0.15, 0.2) is 0 Å². The molecule has 5 heteroatoms. The SMILES string of the molecule is CSC(C)=NOC(=O)N(C)C. The summed E-state index contributed by atoms with van der Waals surface area (Å²) in [7, 11) is 3.21. The Hall–Kier alpha value is -0.710. The summed E-state index contributed by atoms with van der Waals surface area (Å²) in [5, 5.41) is 4.27. The molecule has 4 nitrogen and oxygen atoms in total. The highest BCUT2D eigenvalue weighted by Crippen LogP contribution is 1.97. The average molecular weight is 176 g/mol. The van der Waals surface area contributed by atoms with E-state index < -0.39 is 6.09 Å². The molecule has 0 rings (SSSR count). The zero-order valence-corrected chi connectivity index (χ0v) is 7.94. The molecule has 0 N–H and O–H groups in total. The summed E-state index contributed by atoms with van der Waals surface area (Å²) in [6.45, 7) is 1.77. The Labute approximate surface area is 70.6 Å². The van der Waals surface area contributed by atoms with Gasteiger partial charge >= 0.3 is 6.09 Å². The number of thioether (sulfide) groups is 1. The molecule has 0 radical (unpaired) electrons. The highest BCUT2D eigenvalue weighted by Gasteiger charge is 2.02. The maximum atomic E-state index is 10.8. The molecule has 0 heterocycles. The van der Waals surface area contributed by atoms with Crippen LogP contribution in [0.15, 0.2) is 5.16 Å². The zero-order valence-electron chi connectivity index (χ0n) is 7.12. The van der Waals surface area contributed by atoms with Crippen molar-refractivity contribution in [2.45, 2.75) is 6.92 Å². The molecular weight excluding hydrogens is 164 g/mol. The van der Waals surface area contributed by atoms with Crippen molar-refractivity contribution in [2.75, 3.05) is 20.4 Å². The van der Waals surface area contributed by atoms with Crippen molar-refractivity contribution in [3.05, 3.63) is 0 Å². The van der Waals surface area contributed by atoms with Crippen molar-refractivity contribution in [3.8, 4) is 0 Å². The van der Waals surface area contributed by atoms with Crippen molar-refractivity contribution in [1.29, 1.82) is 0 Å². The minimum absolute atomic E-state index is 0.460. The van der Waals surface area contributed by atoms with E-state index in [1.807, 2.05) is 6.26 Å². The number of hydrogen-bond acceptors (Lipinski definition) is 4. The number of carbonyl (C=O) groups excluding carboxylic acids is 1. The lowest BCUT2D eigenvalue weighted by Crippen LogP contribution is -2.21. The Balaban J connectivity index is 3.78. The van der Waals surface area contributed by atoms with E-state index in [0.717, 1.165) is 5.04 Å². The molecule has 0 aromatic carbocycles. The Kier molecular flexibility index (Phi) is 4.69. The highest BCUT2D eigenvalue weighted by atomic mass is 32.2. The first-order valence-electron chi connectivity index (χ1n) is 3.04. The van der Waals surface area contributed by atoms with Crippen LogP contribution in [-0.2, 0) is 4.84 Å². The normalized spacial score (nSPS) is 11.1. The number of amides is 1. The van der Waals surface area contributed by atoms with Crippen LogP contribution in [0, 0.1) is 0 Å². The standard InChI is InChI=1S/C6H12N2O2S/c1-5(11-4)7-10-6(9)8(2)3/h1-4H3. The molecule has 11 heavy (non-hydrogen) atoms. The van der Waals surface area contributed by atoms with Crippen molar-refractivity contribution >= 4 is 22.9 Å². The number of carbonyl (C=O) groups is 1. The van der Waals surface area contributed by atoms with Crippen molar-refractivity contribution < 1.29 is 9.63 Å². The molecular formula is C6H12N2O2S. The van der Waals surface area contributed by atoms with Crippen LogP contribution < -0.4 is 0 Å². The van der Waals surface area contributed by atoms with Gasteiger partial charge in [-0.15, -0.1) is 11.8 Å². The number of nitrogens with zero attached hydrogens (tertiary/aromatic N) is 2. The average Bonchev–Trinajstić information content (AvgIpc) is 1.99. The van der Waals surface area contributed by atoms with E-state index in [1.54, 1.807) is 21.0 Å². The van der Waals surface area contributed by atoms with Crippen molar-refractivity contribution in [2.24, 2.45) is 5.16 Å². The van der Waals surface area contributed by atoms with Crippen LogP contribution >= 0.6 is 11.8 Å². The monoisotopic (exact) mass is 176 g/mol. The fraction of sp³-hybridized carbons (Fsp3) is 0.667. The molecule has 0 saturated heterocycles. The van der Waals surface area contributed by atoms with E-state index in [9.17, 15) is 4.79 Å². The third-order valence-electron chi connectivity index (χ3n) is 0.913. The molecule has 0 fully saturated rings. The predicted molar refractivity (Wildman–Crippen MR) is 46.8 cm³/mol. The highest BCUT2D eigenvalue weighted by molar-refractivity contribution is 8.13. The quantitative estimate of drug-likeness (QED) is 0.262. The third-order valence-corrected chi connectivity index (χ3v) is 1.58. The van der Waals surface area contributed by atoms with Gasteiger partial charge in [-0.3, -0.25) is 4.84 Å². The summed E-state index contributed by atoms with van der Waals surface area (Å²) in [6.07, 6.45) is 1.40. The van der Waals surface area contributed by atoms with Gasteiger partial charge in [0.2, 0.25) is 0 Å². The lowest BCUT2D eigenvalue weighted by atomic mass is 10.9. The van der Waals surface area contributed by atoms with E-state index in [-0.39, 0.29) is 0 Å². The van der Waals surface area contributed by atoms with E-state index in [0.29, 0.717) is 0 Å². The van der Waals surface area contributed by atoms with Crippen LogP contribution in [0.1, 0.15) is 6.92 Å². The van der Waals surface area contributed by atoms with Crippen LogP contribution in [-0.4, -0.2) is 36.4 Å². The van der Waals surface area contributed by atoms with Gasteiger partial charge in [0.25, 0.3) is 0 Å². The molecule has 0 aliphatic carbocycles. The molecule has 0 bridgehead atoms. The van der Waals surface area contributed by atoms with E-state index in [2.05, 4.69) is 9.99 Å². The van der Waals surface area contributed by atoms with Crippen LogP contribution in [0.2, 0.25) is 0 Å². The summed E-state index contributed by atoms with van der Waals surface area (Å²) in [4.78, 5) is 16.6. The lowest BCUT2D eigenvalue weighted by Gasteiger charge is -2.05. The Morgan fingerprint density at radius 1 is 1.55 bits per heavy atom. The first kappa shape index (κ1) is 10.3. The third kappa shape index (κ3) is 4.66. The van der Waals surface area contributed by atoms with E-state index in [1.165, 1.54) is 16.7 Å². The molecule has 0 spiro atoms. The molecule has 0 aromatic rings. The zero-order chi connectivity index (χ0) is 8.85. The first-order chi connectivity index (χ1) is 5.07. The molecule has 1 amide bonds. The van der Waals surface area contributed by atoms with Gasteiger partial charge in [0.1, 0.15) is 5.04 Å². The molecule has 0 aromatic heterocycles. The van der Waals surface area contributed by atoms with Crippen molar-refractivity contribution in [3.63, 3.8) is 0 Å². The molecule has 0 atom stereocenters. The second-order valence-electron chi connectivity index (χ2n) is 2.07. The van der Waals surface area contributed by atoms with Crippen LogP contribution in [0.3, 0.4) is 0 Å². The van der Waals surface area contributed by atoms with E-state index in [4.69, 9.17) is 0 Å². The molecule has 0 saturated carbocycles. The summed E-state index contributed by atoms with van der Waals surface area (Å²) < 4.78 is 0. The minimum atomic E-state index is -0.460. The molecule has 0 unspecified atom stereocenters. The first-order valence-corrected chi connectivity index (χ1v) is 4.27. The predicted octanol–water partition coefficient (Wildman–Crippen LogP) is 1.38. The van der Waals surface area contributed by atoms with Crippen LogP contribution in [0.25, 0.3) is 0 Å². The number of hydrogen-bond donors (Lipinski definition) is 0. The summed E-state index contributed by atoms with van der Waals surface area (Å²) in [5.41, 5.74) is 0. The molecule has 0 aliphatic rings. The van der Waals surface area contributed by atoms with Gasteiger partial charge in [-0.1, -0.05) is 5.16 Å². The summed E-state index contributed by atoms with van der Waals surface area (Å²) in [6, 6.07) is 0. The fourth-order valence-electron chi connectivity index (χ4n) is 0.222. The van der Waals surface area contributed by atoms with Gasteiger partial charge in [0, 0.05) is 14.1 Å². The van der Waals surface area contributed by atoms with Gasteiger partial charge < -0.3 is 4.90 Å². The maximum Gasteiger partial charge on any atom is 0.435 e. The van der Waals surface area contributed by atoms with Crippen molar-refractivity contribution in [1.82, 2.24) is 4.90 Å². The maximum absolute atomic E-state index is 10.8. The topological polar surface area (TPSA) is 41.9 Å². The second-order valence-corrected chi connectivity index (χ2v) is 3.07. The Bertz CT molecular complexity index is 168. The van der Waals surface area contributed by atoms with Gasteiger partial charge in [-0.05, 0) is 13.2 Å². The number of rotatable bonds is 1. The summed E-state index contributed by atoms with van der Waals surface area (Å²) in [5.74, 6) is 0.